The molecule has 2 heterocycles. The van der Waals surface area contributed by atoms with Crippen molar-refractivity contribution < 1.29 is 24.1 Å². The molecule has 0 saturated carbocycles. The van der Waals surface area contributed by atoms with Gasteiger partial charge in [0.05, 0.1) is 36.9 Å². The van der Waals surface area contributed by atoms with Crippen molar-refractivity contribution in [1.82, 2.24) is 9.55 Å². The van der Waals surface area contributed by atoms with Crippen LogP contribution < -0.4 is 9.47 Å². The molecule has 0 aliphatic carbocycles. The van der Waals surface area contributed by atoms with Gasteiger partial charge in [-0.3, -0.25) is 0 Å². The molecule has 3 aromatic carbocycles. The van der Waals surface area contributed by atoms with Crippen LogP contribution in [0.1, 0.15) is 28.5 Å². The molecule has 0 bridgehead atoms. The van der Waals surface area contributed by atoms with Crippen LogP contribution in [-0.4, -0.2) is 34.3 Å². The molecule has 184 valence electrons. The van der Waals surface area contributed by atoms with Crippen LogP contribution >= 0.6 is 0 Å². The average Bonchev–Trinajstić information content (AvgIpc) is 3.43. The van der Waals surface area contributed by atoms with E-state index in [1.165, 1.54) is 0 Å². The number of benzene rings is 3. The molecule has 5 aromatic rings. The van der Waals surface area contributed by atoms with Gasteiger partial charge in [0.2, 0.25) is 0 Å². The van der Waals surface area contributed by atoms with Crippen molar-refractivity contribution in [3.63, 3.8) is 0 Å². The van der Waals surface area contributed by atoms with Gasteiger partial charge in [-0.05, 0) is 36.2 Å². The van der Waals surface area contributed by atoms with Crippen molar-refractivity contribution in [2.24, 2.45) is 7.05 Å². The fourth-order valence-electron chi connectivity index (χ4n) is 4.70. The van der Waals surface area contributed by atoms with Crippen LogP contribution in [0, 0.1) is 0 Å². The maximum atomic E-state index is 13.1. The van der Waals surface area contributed by atoms with Crippen LogP contribution in [0.2, 0.25) is 0 Å². The van der Waals surface area contributed by atoms with Crippen molar-refractivity contribution >= 4 is 27.9 Å². The minimum Gasteiger partial charge on any atom is -0.497 e. The molecule has 0 aliphatic rings. The molecule has 0 spiro atoms. The molecule has 36 heavy (non-hydrogen) atoms. The predicted octanol–water partition coefficient (Wildman–Crippen LogP) is 5.58. The quantitative estimate of drug-likeness (QED) is 0.281. The molecule has 5 rings (SSSR count). The lowest BCUT2D eigenvalue weighted by molar-refractivity contribution is 0.0521. The molecule has 0 aliphatic heterocycles. The number of nitrogens with one attached hydrogen (secondary N) is 1. The van der Waals surface area contributed by atoms with E-state index in [1.807, 2.05) is 73.8 Å². The first-order valence-electron chi connectivity index (χ1n) is 11.8. The molecule has 0 unspecified atom stereocenters. The fourth-order valence-corrected chi connectivity index (χ4v) is 4.70. The van der Waals surface area contributed by atoms with Gasteiger partial charge < -0.3 is 28.9 Å². The number of para-hydroxylation sites is 1. The summed E-state index contributed by atoms with van der Waals surface area (Å²) in [5.41, 5.74) is 6.27. The number of H-pyrrole nitrogens is 1. The van der Waals surface area contributed by atoms with Gasteiger partial charge in [0.1, 0.15) is 23.8 Å². The summed E-state index contributed by atoms with van der Waals surface area (Å²) in [6.07, 6.45) is 0. The Balaban J connectivity index is 1.72. The van der Waals surface area contributed by atoms with E-state index in [1.54, 1.807) is 14.0 Å². The predicted molar refractivity (Wildman–Crippen MR) is 139 cm³/mol. The monoisotopic (exact) mass is 484 g/mol. The third-order valence-electron chi connectivity index (χ3n) is 6.45. The number of nitrogens with zero attached hydrogens (tertiary/aromatic N) is 1. The van der Waals surface area contributed by atoms with Crippen molar-refractivity contribution in [1.29, 1.82) is 0 Å². The Labute approximate surface area is 208 Å². The number of aliphatic hydroxyl groups excluding tert-OH is 1. The van der Waals surface area contributed by atoms with Gasteiger partial charge in [-0.15, -0.1) is 0 Å². The van der Waals surface area contributed by atoms with Gasteiger partial charge in [-0.25, -0.2) is 4.79 Å². The molecule has 7 heteroatoms. The van der Waals surface area contributed by atoms with Crippen LogP contribution in [0.15, 0.2) is 66.7 Å². The maximum Gasteiger partial charge on any atom is 0.355 e. The lowest BCUT2D eigenvalue weighted by Gasteiger charge is -2.16. The van der Waals surface area contributed by atoms with Crippen LogP contribution in [0.4, 0.5) is 0 Å². The van der Waals surface area contributed by atoms with Crippen LogP contribution in [-0.2, 0) is 25.0 Å². The Morgan fingerprint density at radius 3 is 2.53 bits per heavy atom. The first-order valence-corrected chi connectivity index (χ1v) is 11.8. The number of ether oxygens (including phenoxy) is 3. The summed E-state index contributed by atoms with van der Waals surface area (Å²) in [7, 11) is 3.58. The van der Waals surface area contributed by atoms with Crippen LogP contribution in [0.3, 0.4) is 0 Å². The minimum atomic E-state index is -0.430. The van der Waals surface area contributed by atoms with E-state index in [-0.39, 0.29) is 19.8 Å². The number of aryl methyl sites for hydroxylation is 1. The van der Waals surface area contributed by atoms with Gasteiger partial charge in [0, 0.05) is 29.6 Å². The molecule has 2 N–H and O–H groups in total. The Morgan fingerprint density at radius 1 is 1.03 bits per heavy atom. The molecule has 0 fully saturated rings. The summed E-state index contributed by atoms with van der Waals surface area (Å²) in [5, 5.41) is 10.7. The highest BCUT2D eigenvalue weighted by atomic mass is 16.5. The van der Waals surface area contributed by atoms with E-state index in [0.29, 0.717) is 22.8 Å². The Bertz CT molecular complexity index is 1560. The van der Waals surface area contributed by atoms with Crippen molar-refractivity contribution in [3.05, 3.63) is 83.6 Å². The molecular formula is C29H28N2O5. The van der Waals surface area contributed by atoms with Crippen molar-refractivity contribution in [2.75, 3.05) is 13.7 Å². The molecule has 0 saturated heterocycles. The molecule has 0 atom stereocenters. The van der Waals surface area contributed by atoms with E-state index < -0.39 is 5.97 Å². The van der Waals surface area contributed by atoms with Gasteiger partial charge in [0.25, 0.3) is 0 Å². The first-order chi connectivity index (χ1) is 17.6. The number of carbonyl (C=O) groups excluding carboxylic acids is 1. The molecular weight excluding hydrogens is 456 g/mol. The van der Waals surface area contributed by atoms with Gasteiger partial charge >= 0.3 is 5.97 Å². The Hall–Kier alpha value is -4.23. The van der Waals surface area contributed by atoms with E-state index in [9.17, 15) is 9.90 Å². The highest BCUT2D eigenvalue weighted by Crippen LogP contribution is 2.43. The van der Waals surface area contributed by atoms with E-state index >= 15 is 0 Å². The van der Waals surface area contributed by atoms with Gasteiger partial charge in [-0.1, -0.05) is 42.5 Å². The van der Waals surface area contributed by atoms with E-state index in [0.717, 1.165) is 38.6 Å². The number of hydrogen-bond donors (Lipinski definition) is 2. The summed E-state index contributed by atoms with van der Waals surface area (Å²) in [6, 6.07) is 21.2. The number of aromatic amines is 1. The fraction of sp³-hybridized carbons (Fsp3) is 0.207. The number of carbonyl (C=O) groups is 1. The Morgan fingerprint density at radius 2 is 1.78 bits per heavy atom. The van der Waals surface area contributed by atoms with Crippen LogP contribution in [0.25, 0.3) is 33.1 Å². The molecule has 2 aromatic heterocycles. The van der Waals surface area contributed by atoms with Crippen LogP contribution in [0.5, 0.6) is 11.5 Å². The van der Waals surface area contributed by atoms with Crippen molar-refractivity contribution in [2.45, 2.75) is 20.1 Å². The molecule has 7 nitrogen and oxygen atoms in total. The second-order valence-electron chi connectivity index (χ2n) is 8.47. The first kappa shape index (κ1) is 23.5. The standard InChI is InChI=1S/C29H28N2O5/c1-4-35-29(33)27-25(28-26(30-27)21-11-7-8-12-23(21)31(28)2)22-14-13-20(34-3)15-24(22)36-17-19-10-6-5-9-18(19)16-32/h5-15,30,32H,4,16-17H2,1-3H3. The number of rotatable bonds is 8. The smallest absolute Gasteiger partial charge is 0.355 e. The summed E-state index contributed by atoms with van der Waals surface area (Å²) >= 11 is 0. The number of aliphatic hydroxyl groups is 1. The lowest BCUT2D eigenvalue weighted by atomic mass is 10.0. The minimum absolute atomic E-state index is 0.0775. The zero-order chi connectivity index (χ0) is 25.2. The topological polar surface area (TPSA) is 85.7 Å². The highest BCUT2D eigenvalue weighted by Gasteiger charge is 2.27. The number of hydrogen-bond acceptors (Lipinski definition) is 5. The number of aromatic nitrogens is 2. The maximum absolute atomic E-state index is 13.1. The number of esters is 1. The summed E-state index contributed by atoms with van der Waals surface area (Å²) in [5.74, 6) is 0.754. The van der Waals surface area contributed by atoms with Crippen molar-refractivity contribution in [3.8, 4) is 22.6 Å². The zero-order valence-corrected chi connectivity index (χ0v) is 20.5. The SMILES string of the molecule is CCOC(=O)c1[nH]c2c3ccccc3n(C)c2c1-c1ccc(OC)cc1OCc1ccccc1CO. The second-order valence-corrected chi connectivity index (χ2v) is 8.47. The Kier molecular flexibility index (Phi) is 6.40. The average molecular weight is 485 g/mol. The summed E-state index contributed by atoms with van der Waals surface area (Å²) < 4.78 is 19.3. The molecule has 0 radical (unpaired) electrons. The number of fused-ring (bicyclic) bond motifs is 3. The van der Waals surface area contributed by atoms with E-state index in [2.05, 4.69) is 9.55 Å². The highest BCUT2D eigenvalue weighted by molar-refractivity contribution is 6.16. The largest absolute Gasteiger partial charge is 0.497 e. The summed E-state index contributed by atoms with van der Waals surface area (Å²) in [4.78, 5) is 16.4. The van der Waals surface area contributed by atoms with E-state index in [4.69, 9.17) is 14.2 Å². The number of methoxy groups -OCH3 is 1. The summed E-state index contributed by atoms with van der Waals surface area (Å²) in [6.45, 7) is 2.22. The zero-order valence-electron chi connectivity index (χ0n) is 20.5. The third-order valence-corrected chi connectivity index (χ3v) is 6.45. The van der Waals surface area contributed by atoms with Gasteiger partial charge in [0.15, 0.2) is 0 Å². The third kappa shape index (κ3) is 3.97. The second kappa shape index (κ2) is 9.79. The normalized spacial score (nSPS) is 11.2. The lowest BCUT2D eigenvalue weighted by Crippen LogP contribution is -2.08. The molecule has 0 amide bonds. The van der Waals surface area contributed by atoms with Gasteiger partial charge in [-0.2, -0.15) is 0 Å².